The van der Waals surface area contributed by atoms with E-state index in [0.717, 1.165) is 42.8 Å². The number of nitrogens with two attached hydrogens (primary N) is 1. The Kier molecular flexibility index (Phi) is 3.23. The molecule has 6 nitrogen and oxygen atoms in total. The van der Waals surface area contributed by atoms with Crippen molar-refractivity contribution in [1.29, 1.82) is 0 Å². The van der Waals surface area contributed by atoms with Crippen LogP contribution in [0.2, 0.25) is 0 Å². The molecule has 3 aromatic rings. The number of ether oxygens (including phenoxy) is 1. The minimum Gasteiger partial charge on any atom is -0.396 e. The van der Waals surface area contributed by atoms with Crippen LogP contribution >= 0.6 is 0 Å². The summed E-state index contributed by atoms with van der Waals surface area (Å²) in [6.45, 7) is 1.53. The fraction of sp³-hybridized carbons (Fsp3) is 0.312. The van der Waals surface area contributed by atoms with Gasteiger partial charge in [-0.1, -0.05) is 6.07 Å². The molecule has 1 aliphatic heterocycles. The number of aromatic nitrogens is 4. The van der Waals surface area contributed by atoms with E-state index in [2.05, 4.69) is 10.1 Å². The predicted octanol–water partition coefficient (Wildman–Crippen LogP) is 2.27. The van der Waals surface area contributed by atoms with Crippen molar-refractivity contribution in [3.8, 4) is 11.4 Å². The average molecular weight is 295 g/mol. The van der Waals surface area contributed by atoms with Crippen LogP contribution in [0, 0.1) is 0 Å². The van der Waals surface area contributed by atoms with Crippen molar-refractivity contribution >= 4 is 11.2 Å². The fourth-order valence-electron chi connectivity index (χ4n) is 2.94. The zero-order chi connectivity index (χ0) is 14.9. The Hall–Kier alpha value is -2.47. The number of hydrogen-bond acceptors (Lipinski definition) is 5. The van der Waals surface area contributed by atoms with Crippen LogP contribution in [-0.2, 0) is 4.74 Å². The van der Waals surface area contributed by atoms with Gasteiger partial charge in [-0.3, -0.25) is 0 Å². The first-order chi connectivity index (χ1) is 10.8. The third-order valence-corrected chi connectivity index (χ3v) is 4.12. The van der Waals surface area contributed by atoms with Crippen LogP contribution in [0.15, 0.2) is 36.8 Å². The highest BCUT2D eigenvalue weighted by Gasteiger charge is 2.21. The Morgan fingerprint density at radius 1 is 1.18 bits per heavy atom. The SMILES string of the molecule is Nc1cnc(-c2cnn3ccccc23)nc1C1CCOCC1. The standard InChI is InChI=1S/C16H17N5O/c17-13-10-18-16(20-15(13)11-4-7-22-8-5-11)12-9-19-21-6-2-1-3-14(12)21/h1-3,6,9-11H,4-5,7-8,17H2. The van der Waals surface area contributed by atoms with Crippen molar-refractivity contribution in [3.05, 3.63) is 42.5 Å². The van der Waals surface area contributed by atoms with Crippen molar-refractivity contribution < 1.29 is 4.74 Å². The number of nitrogens with zero attached hydrogens (tertiary/aromatic N) is 4. The summed E-state index contributed by atoms with van der Waals surface area (Å²) in [5.74, 6) is 1.02. The predicted molar refractivity (Wildman–Crippen MR) is 83.4 cm³/mol. The molecule has 0 aromatic carbocycles. The molecule has 1 aliphatic rings. The molecule has 0 spiro atoms. The molecule has 1 fully saturated rings. The molecular formula is C16H17N5O. The van der Waals surface area contributed by atoms with E-state index in [0.29, 0.717) is 17.4 Å². The number of hydrogen-bond donors (Lipinski definition) is 1. The highest BCUT2D eigenvalue weighted by Crippen LogP contribution is 2.31. The maximum Gasteiger partial charge on any atom is 0.163 e. The van der Waals surface area contributed by atoms with Crippen LogP contribution in [0.5, 0.6) is 0 Å². The summed E-state index contributed by atoms with van der Waals surface area (Å²) in [6, 6.07) is 5.94. The van der Waals surface area contributed by atoms with Crippen LogP contribution in [0.4, 0.5) is 5.69 Å². The van der Waals surface area contributed by atoms with Gasteiger partial charge >= 0.3 is 0 Å². The average Bonchev–Trinajstić information content (AvgIpc) is 3.00. The first-order valence-electron chi connectivity index (χ1n) is 7.46. The number of anilines is 1. The van der Waals surface area contributed by atoms with E-state index in [4.69, 9.17) is 15.5 Å². The van der Waals surface area contributed by atoms with Gasteiger partial charge in [-0.15, -0.1) is 0 Å². The summed E-state index contributed by atoms with van der Waals surface area (Å²) in [4.78, 5) is 9.15. The highest BCUT2D eigenvalue weighted by atomic mass is 16.5. The number of rotatable bonds is 2. The largest absolute Gasteiger partial charge is 0.396 e. The minimum absolute atomic E-state index is 0.345. The zero-order valence-electron chi connectivity index (χ0n) is 12.1. The molecule has 4 heterocycles. The molecule has 0 unspecified atom stereocenters. The van der Waals surface area contributed by atoms with E-state index in [1.807, 2.05) is 28.9 Å². The number of pyridine rings is 1. The van der Waals surface area contributed by atoms with Crippen LogP contribution in [-0.4, -0.2) is 32.8 Å². The first-order valence-corrected chi connectivity index (χ1v) is 7.46. The maximum atomic E-state index is 6.10. The maximum absolute atomic E-state index is 6.10. The Morgan fingerprint density at radius 2 is 2.05 bits per heavy atom. The van der Waals surface area contributed by atoms with Crippen LogP contribution < -0.4 is 5.73 Å². The normalized spacial score (nSPS) is 16.2. The Morgan fingerprint density at radius 3 is 2.91 bits per heavy atom. The van der Waals surface area contributed by atoms with E-state index in [1.54, 1.807) is 12.4 Å². The van der Waals surface area contributed by atoms with Gasteiger partial charge in [0.15, 0.2) is 5.82 Å². The van der Waals surface area contributed by atoms with Gasteiger partial charge in [0.2, 0.25) is 0 Å². The quantitative estimate of drug-likeness (QED) is 0.784. The lowest BCUT2D eigenvalue weighted by atomic mass is 9.95. The Balaban J connectivity index is 1.79. The van der Waals surface area contributed by atoms with Gasteiger partial charge in [0.25, 0.3) is 0 Å². The molecule has 0 aliphatic carbocycles. The molecule has 3 aromatic heterocycles. The van der Waals surface area contributed by atoms with Crippen molar-refractivity contribution in [1.82, 2.24) is 19.6 Å². The molecule has 2 N–H and O–H groups in total. The lowest BCUT2D eigenvalue weighted by Gasteiger charge is -2.22. The number of fused-ring (bicyclic) bond motifs is 1. The lowest BCUT2D eigenvalue weighted by molar-refractivity contribution is 0.0846. The molecule has 0 amide bonds. The van der Waals surface area contributed by atoms with Crippen molar-refractivity contribution in [2.75, 3.05) is 18.9 Å². The van der Waals surface area contributed by atoms with Crippen LogP contribution in [0.1, 0.15) is 24.5 Å². The third kappa shape index (κ3) is 2.21. The summed E-state index contributed by atoms with van der Waals surface area (Å²) < 4.78 is 7.25. The van der Waals surface area contributed by atoms with Gasteiger partial charge in [-0.2, -0.15) is 5.10 Å². The molecule has 0 bridgehead atoms. The topological polar surface area (TPSA) is 78.3 Å². The van der Waals surface area contributed by atoms with E-state index in [-0.39, 0.29) is 0 Å². The summed E-state index contributed by atoms with van der Waals surface area (Å²) in [5, 5.41) is 4.35. The highest BCUT2D eigenvalue weighted by molar-refractivity contribution is 5.75. The fourth-order valence-corrected chi connectivity index (χ4v) is 2.94. The van der Waals surface area contributed by atoms with Gasteiger partial charge in [0, 0.05) is 25.3 Å². The molecule has 112 valence electrons. The molecule has 22 heavy (non-hydrogen) atoms. The zero-order valence-corrected chi connectivity index (χ0v) is 12.1. The Labute approximate surface area is 128 Å². The third-order valence-electron chi connectivity index (χ3n) is 4.12. The summed E-state index contributed by atoms with van der Waals surface area (Å²) in [5.41, 5.74) is 9.61. The molecule has 1 saturated heterocycles. The number of nitrogen functional groups attached to an aromatic ring is 1. The molecule has 0 saturated carbocycles. The summed E-state index contributed by atoms with van der Waals surface area (Å²) in [7, 11) is 0. The first kappa shape index (κ1) is 13.2. The van der Waals surface area contributed by atoms with Gasteiger partial charge in [0.05, 0.1) is 34.9 Å². The van der Waals surface area contributed by atoms with Crippen molar-refractivity contribution in [3.63, 3.8) is 0 Å². The molecule has 4 rings (SSSR count). The van der Waals surface area contributed by atoms with Gasteiger partial charge in [0.1, 0.15) is 0 Å². The second-order valence-corrected chi connectivity index (χ2v) is 5.51. The Bertz CT molecular complexity index is 807. The van der Waals surface area contributed by atoms with Gasteiger partial charge in [-0.05, 0) is 25.0 Å². The molecule has 6 heteroatoms. The summed E-state index contributed by atoms with van der Waals surface area (Å²) in [6.07, 6.45) is 7.33. The van der Waals surface area contributed by atoms with Crippen molar-refractivity contribution in [2.24, 2.45) is 0 Å². The van der Waals surface area contributed by atoms with E-state index in [1.165, 1.54) is 0 Å². The van der Waals surface area contributed by atoms with Crippen LogP contribution in [0.3, 0.4) is 0 Å². The van der Waals surface area contributed by atoms with E-state index >= 15 is 0 Å². The van der Waals surface area contributed by atoms with Gasteiger partial charge in [-0.25, -0.2) is 14.5 Å². The molecule has 0 atom stereocenters. The van der Waals surface area contributed by atoms with Crippen molar-refractivity contribution in [2.45, 2.75) is 18.8 Å². The van der Waals surface area contributed by atoms with E-state index in [9.17, 15) is 0 Å². The smallest absolute Gasteiger partial charge is 0.163 e. The van der Waals surface area contributed by atoms with E-state index < -0.39 is 0 Å². The lowest BCUT2D eigenvalue weighted by Crippen LogP contribution is -2.17. The second-order valence-electron chi connectivity index (χ2n) is 5.51. The minimum atomic E-state index is 0.345. The van der Waals surface area contributed by atoms with Gasteiger partial charge < -0.3 is 10.5 Å². The van der Waals surface area contributed by atoms with Crippen LogP contribution in [0.25, 0.3) is 16.9 Å². The molecular weight excluding hydrogens is 278 g/mol. The second kappa shape index (κ2) is 5.38. The monoisotopic (exact) mass is 295 g/mol. The molecule has 0 radical (unpaired) electrons. The summed E-state index contributed by atoms with van der Waals surface area (Å²) >= 11 is 0.